The van der Waals surface area contributed by atoms with Crippen LogP contribution in [0.4, 0.5) is 16.7 Å². The highest BCUT2D eigenvalue weighted by molar-refractivity contribution is 8.00. The molecule has 43 heavy (non-hydrogen) atoms. The lowest BCUT2D eigenvalue weighted by atomic mass is 9.97. The maximum atomic E-state index is 12.4. The van der Waals surface area contributed by atoms with Gasteiger partial charge in [-0.25, -0.2) is 9.36 Å². The summed E-state index contributed by atoms with van der Waals surface area (Å²) in [6.45, 7) is 3.37. The van der Waals surface area contributed by atoms with Crippen LogP contribution in [0.2, 0.25) is 0 Å². The van der Waals surface area contributed by atoms with Crippen molar-refractivity contribution in [2.75, 3.05) is 75.1 Å². The van der Waals surface area contributed by atoms with Gasteiger partial charge in [0.05, 0.1) is 38.0 Å². The number of nitrogens with zero attached hydrogens (tertiary/aromatic N) is 4. The molecule has 0 aliphatic carbocycles. The monoisotopic (exact) mass is 641 g/mol. The first-order chi connectivity index (χ1) is 20.9. The third kappa shape index (κ3) is 10.9. The molecule has 3 fully saturated rings. The van der Waals surface area contributed by atoms with Crippen molar-refractivity contribution in [1.82, 2.24) is 30.9 Å². The van der Waals surface area contributed by atoms with Crippen LogP contribution in [0.15, 0.2) is 0 Å². The Bertz CT molecular complexity index is 1070. The van der Waals surface area contributed by atoms with Crippen LogP contribution in [0, 0.1) is 0 Å². The first-order valence-corrected chi connectivity index (χ1v) is 16.4. The Hall–Kier alpha value is -2.50. The number of hydrogen-bond donors (Lipinski definition) is 5. The van der Waals surface area contributed by atoms with Gasteiger partial charge in [0.15, 0.2) is 0 Å². The zero-order valence-electron chi connectivity index (χ0n) is 24.4. The first kappa shape index (κ1) is 33.4. The molecule has 4 heterocycles. The van der Waals surface area contributed by atoms with Crippen LogP contribution < -0.4 is 36.6 Å². The molecule has 0 aromatic carbocycles. The summed E-state index contributed by atoms with van der Waals surface area (Å²) in [4.78, 5) is 39.3. The summed E-state index contributed by atoms with van der Waals surface area (Å²) in [5.74, 6) is 1.63. The molecule has 19 heteroatoms. The number of rotatable bonds is 19. The van der Waals surface area contributed by atoms with E-state index in [1.54, 1.807) is 0 Å². The average Bonchev–Trinajstić information content (AvgIpc) is 3.55. The van der Waals surface area contributed by atoms with Crippen LogP contribution >= 0.6 is 20.4 Å². The molecule has 3 aliphatic rings. The summed E-state index contributed by atoms with van der Waals surface area (Å²) in [6.07, 6.45) is 2.83. The molecule has 1 aromatic heterocycles. The maximum Gasteiger partial charge on any atom is 0.327 e. The zero-order valence-corrected chi connectivity index (χ0v) is 26.1. The minimum absolute atomic E-state index is 0.0135. The standard InChI is InChI=1S/C24H41BN9O7PS/c25-18-12-34(11-15(41-18)13-40-42-37)22-31-21(32-24(33-22)39-10-9-38-8-5-26)28-7-6-27-19(35)4-2-1-3-17-20-16(14-43-17)29-23(36)30-20/h15-18,20H,1-14,25-26H2,(H,27,35)(H2,29,30,36)(H,28,31,32,33). The third-order valence-electron chi connectivity index (χ3n) is 7.06. The summed E-state index contributed by atoms with van der Waals surface area (Å²) < 4.78 is 32.7. The summed E-state index contributed by atoms with van der Waals surface area (Å²) in [5, 5.41) is 12.4. The van der Waals surface area contributed by atoms with E-state index in [4.69, 9.17) is 24.5 Å². The van der Waals surface area contributed by atoms with Gasteiger partial charge < -0.3 is 46.1 Å². The lowest BCUT2D eigenvalue weighted by Gasteiger charge is -2.36. The van der Waals surface area contributed by atoms with Crippen LogP contribution in [0.25, 0.3) is 0 Å². The fourth-order valence-corrected chi connectivity index (χ4v) is 6.93. The van der Waals surface area contributed by atoms with Crippen molar-refractivity contribution in [3.05, 3.63) is 0 Å². The number of anilines is 2. The van der Waals surface area contributed by atoms with Gasteiger partial charge >= 0.3 is 20.7 Å². The van der Waals surface area contributed by atoms with Gasteiger partial charge in [-0.2, -0.15) is 26.7 Å². The minimum Gasteiger partial charge on any atom is -0.461 e. The average molecular weight is 642 g/mol. The number of thioether (sulfide) groups is 1. The Morgan fingerprint density at radius 3 is 2.91 bits per heavy atom. The molecule has 5 atom stereocenters. The smallest absolute Gasteiger partial charge is 0.327 e. The van der Waals surface area contributed by atoms with Crippen LogP contribution in [-0.2, 0) is 23.4 Å². The van der Waals surface area contributed by atoms with Crippen molar-refractivity contribution in [2.45, 2.75) is 55.1 Å². The van der Waals surface area contributed by atoms with Crippen LogP contribution in [0.3, 0.4) is 0 Å². The van der Waals surface area contributed by atoms with Crippen molar-refractivity contribution >= 4 is 52.1 Å². The summed E-state index contributed by atoms with van der Waals surface area (Å²) in [5.41, 5.74) is 5.46. The Labute approximate surface area is 257 Å². The van der Waals surface area contributed by atoms with E-state index < -0.39 is 8.69 Å². The minimum atomic E-state index is -0.402. The number of hydrogen-bond acceptors (Lipinski definition) is 14. The summed E-state index contributed by atoms with van der Waals surface area (Å²) in [6, 6.07) is 0.337. The van der Waals surface area contributed by atoms with Crippen molar-refractivity contribution in [1.29, 1.82) is 0 Å². The number of fused-ring (bicyclic) bond motifs is 1. The lowest BCUT2D eigenvalue weighted by Crippen LogP contribution is -2.50. The normalized spacial score (nSPS) is 24.8. The topological polar surface area (TPSA) is 204 Å². The number of morpholine rings is 1. The summed E-state index contributed by atoms with van der Waals surface area (Å²) >= 11 is 1.88. The highest BCUT2D eigenvalue weighted by Gasteiger charge is 2.42. The maximum absolute atomic E-state index is 12.4. The molecule has 238 valence electrons. The second-order valence-corrected chi connectivity index (χ2v) is 12.2. The second-order valence-electron chi connectivity index (χ2n) is 10.5. The van der Waals surface area contributed by atoms with Gasteiger partial charge in [-0.15, -0.1) is 0 Å². The molecule has 4 rings (SSSR count). The number of carbonyl (C=O) groups is 2. The summed E-state index contributed by atoms with van der Waals surface area (Å²) in [7, 11) is 1.53. The van der Waals surface area contributed by atoms with Crippen molar-refractivity contribution < 1.29 is 32.9 Å². The molecular formula is C24H41BN9O7PS. The molecule has 3 amide bonds. The highest BCUT2D eigenvalue weighted by Crippen LogP contribution is 2.33. The van der Waals surface area contributed by atoms with Gasteiger partial charge in [0.1, 0.15) is 14.5 Å². The highest BCUT2D eigenvalue weighted by atomic mass is 32.2. The molecule has 3 aliphatic heterocycles. The van der Waals surface area contributed by atoms with E-state index in [9.17, 15) is 14.2 Å². The molecule has 1 aromatic rings. The van der Waals surface area contributed by atoms with Gasteiger partial charge in [-0.1, -0.05) is 6.42 Å². The number of carbonyl (C=O) groups excluding carboxylic acids is 2. The number of nitrogens with one attached hydrogen (secondary N) is 4. The number of nitrogens with two attached hydrogens (primary N) is 1. The lowest BCUT2D eigenvalue weighted by molar-refractivity contribution is -0.121. The molecular weight excluding hydrogens is 600 g/mol. The molecule has 0 bridgehead atoms. The van der Waals surface area contributed by atoms with Crippen LogP contribution in [0.1, 0.15) is 25.7 Å². The molecule has 0 radical (unpaired) electrons. The Balaban J connectivity index is 1.22. The predicted octanol–water partition coefficient (Wildman–Crippen LogP) is -1.13. The largest absolute Gasteiger partial charge is 0.461 e. The molecule has 0 saturated carbocycles. The molecule has 6 N–H and O–H groups in total. The van der Waals surface area contributed by atoms with E-state index in [2.05, 4.69) is 36.2 Å². The van der Waals surface area contributed by atoms with Crippen LogP contribution in [-0.4, -0.2) is 129 Å². The zero-order chi connectivity index (χ0) is 30.4. The Kier molecular flexibility index (Phi) is 13.8. The molecule has 16 nitrogen and oxygen atoms in total. The van der Waals surface area contributed by atoms with Crippen molar-refractivity contribution in [2.24, 2.45) is 5.73 Å². The van der Waals surface area contributed by atoms with E-state index in [0.717, 1.165) is 25.0 Å². The SMILES string of the molecule is BC1CN(c2nc(NCCNC(=O)CCCCC3SCC4NC(=O)NC43)nc(OCCOCCN)n2)CC(COP=O)O1. The van der Waals surface area contributed by atoms with E-state index >= 15 is 0 Å². The Morgan fingerprint density at radius 1 is 1.19 bits per heavy atom. The van der Waals surface area contributed by atoms with Gasteiger partial charge in [0.25, 0.3) is 0 Å². The number of ether oxygens (including phenoxy) is 3. The van der Waals surface area contributed by atoms with Gasteiger partial charge in [0, 0.05) is 56.2 Å². The van der Waals surface area contributed by atoms with Gasteiger partial charge in [0.2, 0.25) is 17.8 Å². The second kappa shape index (κ2) is 17.7. The van der Waals surface area contributed by atoms with E-state index in [1.165, 1.54) is 0 Å². The fraction of sp³-hybridized carbons (Fsp3) is 0.792. The number of amides is 3. The number of aromatic nitrogens is 3. The molecule has 0 spiro atoms. The number of unbranched alkanes of at least 4 members (excludes halogenated alkanes) is 1. The van der Waals surface area contributed by atoms with E-state index in [-0.39, 0.29) is 55.4 Å². The van der Waals surface area contributed by atoms with E-state index in [0.29, 0.717) is 69.5 Å². The molecule has 3 saturated heterocycles. The van der Waals surface area contributed by atoms with Gasteiger partial charge in [-0.05, 0) is 12.8 Å². The third-order valence-corrected chi connectivity index (χ3v) is 8.82. The van der Waals surface area contributed by atoms with Crippen LogP contribution in [0.5, 0.6) is 6.01 Å². The fourth-order valence-electron chi connectivity index (χ4n) is 5.16. The van der Waals surface area contributed by atoms with Gasteiger partial charge in [-0.3, -0.25) is 9.32 Å². The Morgan fingerprint density at radius 2 is 2.07 bits per heavy atom. The quantitative estimate of drug-likeness (QED) is 0.0525. The van der Waals surface area contributed by atoms with E-state index in [1.807, 2.05) is 24.5 Å². The molecule has 5 unspecified atom stereocenters. The number of urea groups is 1. The van der Waals surface area contributed by atoms with Crippen molar-refractivity contribution in [3.8, 4) is 6.01 Å². The van der Waals surface area contributed by atoms with Crippen molar-refractivity contribution in [3.63, 3.8) is 0 Å². The predicted molar refractivity (Wildman–Crippen MR) is 164 cm³/mol. The first-order valence-electron chi connectivity index (χ1n) is 14.7.